The van der Waals surface area contributed by atoms with Crippen LogP contribution in [-0.2, 0) is 16.1 Å². The highest BCUT2D eigenvalue weighted by Gasteiger charge is 2.09. The first-order valence-corrected chi connectivity index (χ1v) is 6.74. The summed E-state index contributed by atoms with van der Waals surface area (Å²) in [6.07, 6.45) is 3.19. The summed E-state index contributed by atoms with van der Waals surface area (Å²) in [5, 5.41) is 9.66. The molecule has 1 rings (SSSR count). The molecule has 0 aliphatic carbocycles. The maximum absolute atomic E-state index is 9.66. The Bertz CT molecular complexity index is 325. The molecule has 0 saturated carbocycles. The molecule has 3 nitrogen and oxygen atoms in total. The van der Waals surface area contributed by atoms with Crippen LogP contribution in [0.15, 0.2) is 24.3 Å². The minimum absolute atomic E-state index is 0.112. The van der Waals surface area contributed by atoms with Gasteiger partial charge in [0.2, 0.25) is 0 Å². The lowest BCUT2D eigenvalue weighted by atomic mass is 10.2. The Balaban J connectivity index is 2.39. The van der Waals surface area contributed by atoms with Crippen LogP contribution in [0.25, 0.3) is 0 Å². The van der Waals surface area contributed by atoms with Crippen LogP contribution < -0.4 is 0 Å². The average molecular weight is 252 g/mol. The zero-order valence-electron chi connectivity index (χ0n) is 11.4. The highest BCUT2D eigenvalue weighted by atomic mass is 16.5. The van der Waals surface area contributed by atoms with Crippen LogP contribution in [0, 0.1) is 0 Å². The van der Waals surface area contributed by atoms with Crippen molar-refractivity contribution in [1.82, 2.24) is 0 Å². The summed E-state index contributed by atoms with van der Waals surface area (Å²) in [7, 11) is 0. The van der Waals surface area contributed by atoms with E-state index < -0.39 is 0 Å². The lowest BCUT2D eigenvalue weighted by molar-refractivity contribution is -0.0291. The molecular weight excluding hydrogens is 228 g/mol. The van der Waals surface area contributed by atoms with Gasteiger partial charge in [0, 0.05) is 12.2 Å². The van der Waals surface area contributed by atoms with E-state index in [0.29, 0.717) is 19.0 Å². The SMILES string of the molecule is CCCOCC(CCC)OCc1ccccc1O. The fraction of sp³-hybridized carbons (Fsp3) is 0.600. The highest BCUT2D eigenvalue weighted by Crippen LogP contribution is 2.18. The Hall–Kier alpha value is -1.06. The van der Waals surface area contributed by atoms with E-state index in [1.54, 1.807) is 6.07 Å². The van der Waals surface area contributed by atoms with Gasteiger partial charge in [0.25, 0.3) is 0 Å². The molecule has 0 fully saturated rings. The summed E-state index contributed by atoms with van der Waals surface area (Å²) in [6.45, 7) is 6.08. The van der Waals surface area contributed by atoms with Gasteiger partial charge < -0.3 is 14.6 Å². The van der Waals surface area contributed by atoms with E-state index >= 15 is 0 Å². The predicted molar refractivity (Wildman–Crippen MR) is 72.7 cm³/mol. The first-order chi connectivity index (χ1) is 8.77. The van der Waals surface area contributed by atoms with E-state index in [0.717, 1.165) is 31.4 Å². The molecule has 1 N–H and O–H groups in total. The van der Waals surface area contributed by atoms with Crippen molar-refractivity contribution in [1.29, 1.82) is 0 Å². The maximum atomic E-state index is 9.66. The Morgan fingerprint density at radius 2 is 1.94 bits per heavy atom. The van der Waals surface area contributed by atoms with Gasteiger partial charge in [-0.15, -0.1) is 0 Å². The molecule has 18 heavy (non-hydrogen) atoms. The first kappa shape index (κ1) is 15.0. The number of ether oxygens (including phenoxy) is 2. The van der Waals surface area contributed by atoms with Gasteiger partial charge in [0.15, 0.2) is 0 Å². The van der Waals surface area contributed by atoms with Crippen molar-refractivity contribution >= 4 is 0 Å². The van der Waals surface area contributed by atoms with E-state index in [4.69, 9.17) is 9.47 Å². The number of benzene rings is 1. The zero-order valence-corrected chi connectivity index (χ0v) is 11.4. The molecule has 1 aromatic rings. The second-order valence-corrected chi connectivity index (χ2v) is 4.43. The molecule has 0 aromatic heterocycles. The summed E-state index contributed by atoms with van der Waals surface area (Å²) in [5.74, 6) is 0.294. The lowest BCUT2D eigenvalue weighted by Gasteiger charge is -2.17. The fourth-order valence-corrected chi connectivity index (χ4v) is 1.74. The van der Waals surface area contributed by atoms with E-state index in [2.05, 4.69) is 13.8 Å². The second kappa shape index (κ2) is 8.95. The predicted octanol–water partition coefficient (Wildman–Crippen LogP) is 3.50. The van der Waals surface area contributed by atoms with Crippen LogP contribution in [0.3, 0.4) is 0 Å². The van der Waals surface area contributed by atoms with Gasteiger partial charge >= 0.3 is 0 Å². The Kier molecular flexibility index (Phi) is 7.46. The molecule has 102 valence electrons. The molecule has 1 unspecified atom stereocenters. The van der Waals surface area contributed by atoms with Gasteiger partial charge in [-0.25, -0.2) is 0 Å². The van der Waals surface area contributed by atoms with Gasteiger partial charge in [-0.1, -0.05) is 38.5 Å². The zero-order chi connectivity index (χ0) is 13.2. The number of aromatic hydroxyl groups is 1. The van der Waals surface area contributed by atoms with Crippen molar-refractivity contribution in [2.45, 2.75) is 45.8 Å². The topological polar surface area (TPSA) is 38.7 Å². The molecule has 3 heteroatoms. The van der Waals surface area contributed by atoms with Crippen molar-refractivity contribution in [3.63, 3.8) is 0 Å². The maximum Gasteiger partial charge on any atom is 0.121 e. The third-order valence-corrected chi connectivity index (χ3v) is 2.73. The number of hydrogen-bond acceptors (Lipinski definition) is 3. The van der Waals surface area contributed by atoms with Gasteiger partial charge in [-0.3, -0.25) is 0 Å². The van der Waals surface area contributed by atoms with Crippen LogP contribution in [0.4, 0.5) is 0 Å². The summed E-state index contributed by atoms with van der Waals surface area (Å²) >= 11 is 0. The van der Waals surface area contributed by atoms with E-state index in [9.17, 15) is 5.11 Å². The monoisotopic (exact) mass is 252 g/mol. The van der Waals surface area contributed by atoms with E-state index in [-0.39, 0.29) is 6.10 Å². The first-order valence-electron chi connectivity index (χ1n) is 6.74. The van der Waals surface area contributed by atoms with Gasteiger partial charge in [-0.2, -0.15) is 0 Å². The normalized spacial score (nSPS) is 12.6. The Morgan fingerprint density at radius 1 is 1.17 bits per heavy atom. The highest BCUT2D eigenvalue weighted by molar-refractivity contribution is 5.30. The van der Waals surface area contributed by atoms with Gasteiger partial charge in [0.05, 0.1) is 19.3 Å². The fourth-order valence-electron chi connectivity index (χ4n) is 1.74. The third-order valence-electron chi connectivity index (χ3n) is 2.73. The largest absolute Gasteiger partial charge is 0.508 e. The average Bonchev–Trinajstić information content (AvgIpc) is 2.38. The molecule has 0 amide bonds. The Labute approximate surface area is 110 Å². The summed E-state index contributed by atoms with van der Waals surface area (Å²) < 4.78 is 11.3. The van der Waals surface area contributed by atoms with Crippen LogP contribution in [0.5, 0.6) is 5.75 Å². The molecule has 0 heterocycles. The second-order valence-electron chi connectivity index (χ2n) is 4.43. The number of rotatable bonds is 9. The van der Waals surface area contributed by atoms with Crippen LogP contribution >= 0.6 is 0 Å². The molecule has 0 saturated heterocycles. The number of hydrogen-bond donors (Lipinski definition) is 1. The minimum Gasteiger partial charge on any atom is -0.508 e. The molecule has 0 radical (unpaired) electrons. The lowest BCUT2D eigenvalue weighted by Crippen LogP contribution is -2.20. The molecule has 0 aliphatic rings. The summed E-state index contributed by atoms with van der Waals surface area (Å²) in [6, 6.07) is 7.28. The molecule has 1 atom stereocenters. The van der Waals surface area contributed by atoms with Gasteiger partial charge in [-0.05, 0) is 18.9 Å². The molecule has 0 aliphatic heterocycles. The molecule has 1 aromatic carbocycles. The smallest absolute Gasteiger partial charge is 0.121 e. The number of phenolic OH excluding ortho intramolecular Hbond substituents is 1. The standard InChI is InChI=1S/C15H24O3/c1-3-7-14(12-17-10-4-2)18-11-13-8-5-6-9-15(13)16/h5-6,8-9,14,16H,3-4,7,10-12H2,1-2H3. The molecule has 0 spiro atoms. The van der Waals surface area contributed by atoms with Gasteiger partial charge in [0.1, 0.15) is 5.75 Å². The quantitative estimate of drug-likeness (QED) is 0.684. The van der Waals surface area contributed by atoms with Crippen molar-refractivity contribution < 1.29 is 14.6 Å². The van der Waals surface area contributed by atoms with E-state index in [1.165, 1.54) is 0 Å². The number of phenols is 1. The number of para-hydroxylation sites is 1. The van der Waals surface area contributed by atoms with Crippen molar-refractivity contribution in [3.05, 3.63) is 29.8 Å². The molecule has 0 bridgehead atoms. The van der Waals surface area contributed by atoms with Crippen LogP contribution in [0.2, 0.25) is 0 Å². The third kappa shape index (κ3) is 5.52. The van der Waals surface area contributed by atoms with E-state index in [1.807, 2.05) is 18.2 Å². The van der Waals surface area contributed by atoms with Crippen LogP contribution in [-0.4, -0.2) is 24.4 Å². The van der Waals surface area contributed by atoms with Crippen LogP contribution in [0.1, 0.15) is 38.7 Å². The Morgan fingerprint density at radius 3 is 2.61 bits per heavy atom. The summed E-state index contributed by atoms with van der Waals surface area (Å²) in [4.78, 5) is 0. The minimum atomic E-state index is 0.112. The molecular formula is C15H24O3. The van der Waals surface area contributed by atoms with Crippen molar-refractivity contribution in [2.24, 2.45) is 0 Å². The van der Waals surface area contributed by atoms with Crippen molar-refractivity contribution in [2.75, 3.05) is 13.2 Å². The van der Waals surface area contributed by atoms with Crippen molar-refractivity contribution in [3.8, 4) is 5.75 Å². The summed E-state index contributed by atoms with van der Waals surface area (Å²) in [5.41, 5.74) is 0.828.